The van der Waals surface area contributed by atoms with E-state index in [4.69, 9.17) is 0 Å². The number of amides is 2. The zero-order chi connectivity index (χ0) is 22.3. The van der Waals surface area contributed by atoms with E-state index >= 15 is 0 Å². The summed E-state index contributed by atoms with van der Waals surface area (Å²) in [4.78, 5) is 27.8. The Labute approximate surface area is 185 Å². The molecule has 2 aromatic rings. The van der Waals surface area contributed by atoms with Gasteiger partial charge in [0.05, 0.1) is 12.1 Å². The maximum Gasteiger partial charge on any atom is 0.253 e. The van der Waals surface area contributed by atoms with Gasteiger partial charge in [0.1, 0.15) is 0 Å². The van der Waals surface area contributed by atoms with Crippen LogP contribution in [-0.2, 0) is 11.8 Å². The number of rotatable bonds is 5. The summed E-state index contributed by atoms with van der Waals surface area (Å²) in [5, 5.41) is 7.30. The molecule has 0 saturated carbocycles. The zero-order valence-corrected chi connectivity index (χ0v) is 19.5. The topological polar surface area (TPSA) is 66.4 Å². The molecule has 3 heterocycles. The molecule has 1 aromatic heterocycles. The molecule has 4 rings (SSSR count). The molecule has 6 heteroatoms. The maximum atomic E-state index is 13.0. The summed E-state index contributed by atoms with van der Waals surface area (Å²) in [5.74, 6) is 0.595. The Kier molecular flexibility index (Phi) is 5.86. The molecule has 3 atom stereocenters. The normalized spacial score (nSPS) is 23.8. The third-order valence-electron chi connectivity index (χ3n) is 6.76. The molecular weight excluding hydrogens is 388 g/mol. The van der Waals surface area contributed by atoms with Gasteiger partial charge >= 0.3 is 0 Å². The van der Waals surface area contributed by atoms with Crippen molar-refractivity contribution in [3.63, 3.8) is 0 Å². The van der Waals surface area contributed by atoms with Crippen molar-refractivity contribution in [1.82, 2.24) is 20.1 Å². The van der Waals surface area contributed by atoms with Gasteiger partial charge in [-0.15, -0.1) is 0 Å². The Balaban J connectivity index is 1.35. The van der Waals surface area contributed by atoms with Gasteiger partial charge in [0.2, 0.25) is 5.91 Å². The molecule has 1 unspecified atom stereocenters. The number of carbonyl (C=O) groups excluding carboxylic acids is 2. The molecule has 0 radical (unpaired) electrons. The van der Waals surface area contributed by atoms with Gasteiger partial charge in [0.25, 0.3) is 5.91 Å². The Morgan fingerprint density at radius 3 is 2.45 bits per heavy atom. The van der Waals surface area contributed by atoms with E-state index in [1.807, 2.05) is 38.6 Å². The quantitative estimate of drug-likeness (QED) is 0.773. The first-order valence-corrected chi connectivity index (χ1v) is 11.5. The fourth-order valence-corrected chi connectivity index (χ4v) is 5.45. The first-order chi connectivity index (χ1) is 14.6. The summed E-state index contributed by atoms with van der Waals surface area (Å²) >= 11 is 0. The number of hydrogen-bond acceptors (Lipinski definition) is 3. The number of fused-ring (bicyclic) bond motifs is 3. The van der Waals surface area contributed by atoms with E-state index in [1.165, 1.54) is 0 Å². The smallest absolute Gasteiger partial charge is 0.253 e. The number of aryl methyl sites for hydroxylation is 2. The molecule has 2 aliphatic rings. The second kappa shape index (κ2) is 8.30. The molecule has 0 aliphatic carbocycles. The van der Waals surface area contributed by atoms with E-state index in [1.54, 1.807) is 0 Å². The number of nitrogens with one attached hydrogen (secondary N) is 2. The lowest BCUT2D eigenvalue weighted by molar-refractivity contribution is -0.125. The van der Waals surface area contributed by atoms with Crippen LogP contribution in [0.15, 0.2) is 24.4 Å². The fourth-order valence-electron chi connectivity index (χ4n) is 5.45. The third-order valence-corrected chi connectivity index (χ3v) is 6.76. The van der Waals surface area contributed by atoms with Crippen LogP contribution in [0.5, 0.6) is 0 Å². The van der Waals surface area contributed by atoms with Gasteiger partial charge in [-0.2, -0.15) is 0 Å². The maximum absolute atomic E-state index is 13.0. The Hall–Kier alpha value is -2.34. The van der Waals surface area contributed by atoms with E-state index in [-0.39, 0.29) is 17.4 Å². The van der Waals surface area contributed by atoms with Crippen LogP contribution < -0.4 is 10.6 Å². The molecule has 2 N–H and O–H groups in total. The minimum absolute atomic E-state index is 0.00975. The highest BCUT2D eigenvalue weighted by molar-refractivity contribution is 6.07. The molecule has 168 valence electrons. The second-order valence-electron chi connectivity index (χ2n) is 10.6. The van der Waals surface area contributed by atoms with Gasteiger partial charge in [0, 0.05) is 48.3 Å². The van der Waals surface area contributed by atoms with E-state index in [0.717, 1.165) is 47.7 Å². The SMILES string of the molecule is Cc1ccc2c(c1)c(C(=O)NCC1C[C@H]3CC[C@@H](C1)N3CC(=O)NC(C)(C)C)cn2C. The predicted molar refractivity (Wildman–Crippen MR) is 124 cm³/mol. The van der Waals surface area contributed by atoms with Gasteiger partial charge in [-0.1, -0.05) is 11.6 Å². The van der Waals surface area contributed by atoms with Crippen molar-refractivity contribution in [2.24, 2.45) is 13.0 Å². The van der Waals surface area contributed by atoms with Crippen LogP contribution in [0.4, 0.5) is 0 Å². The average molecular weight is 425 g/mol. The Morgan fingerprint density at radius 1 is 1.13 bits per heavy atom. The lowest BCUT2D eigenvalue weighted by atomic mass is 9.90. The molecule has 0 spiro atoms. The van der Waals surface area contributed by atoms with Crippen LogP contribution in [0, 0.1) is 12.8 Å². The van der Waals surface area contributed by atoms with Crippen molar-refractivity contribution in [2.45, 2.75) is 71.0 Å². The summed E-state index contributed by atoms with van der Waals surface area (Å²) in [6, 6.07) is 7.14. The first kappa shape index (κ1) is 21.9. The summed E-state index contributed by atoms with van der Waals surface area (Å²) < 4.78 is 2.02. The molecule has 2 aliphatic heterocycles. The zero-order valence-electron chi connectivity index (χ0n) is 19.5. The molecule has 6 nitrogen and oxygen atoms in total. The highest BCUT2D eigenvalue weighted by atomic mass is 16.2. The summed E-state index contributed by atoms with van der Waals surface area (Å²) in [6.45, 7) is 9.31. The number of hydrogen-bond donors (Lipinski definition) is 2. The van der Waals surface area contributed by atoms with Crippen LogP contribution in [0.3, 0.4) is 0 Å². The minimum atomic E-state index is -0.196. The Morgan fingerprint density at radius 2 is 1.81 bits per heavy atom. The van der Waals surface area contributed by atoms with Crippen molar-refractivity contribution >= 4 is 22.7 Å². The van der Waals surface area contributed by atoms with E-state index in [9.17, 15) is 9.59 Å². The van der Waals surface area contributed by atoms with Crippen molar-refractivity contribution in [2.75, 3.05) is 13.1 Å². The van der Waals surface area contributed by atoms with Crippen molar-refractivity contribution in [1.29, 1.82) is 0 Å². The molecule has 2 bridgehead atoms. The lowest BCUT2D eigenvalue weighted by Gasteiger charge is -2.39. The van der Waals surface area contributed by atoms with Gasteiger partial charge in [0.15, 0.2) is 0 Å². The molecular formula is C25H36N4O2. The summed E-state index contributed by atoms with van der Waals surface area (Å²) in [5.41, 5.74) is 2.79. The number of aromatic nitrogens is 1. The van der Waals surface area contributed by atoms with Crippen LogP contribution in [-0.4, -0.2) is 52.0 Å². The molecule has 31 heavy (non-hydrogen) atoms. The van der Waals surface area contributed by atoms with Crippen LogP contribution in [0.2, 0.25) is 0 Å². The number of benzene rings is 1. The minimum Gasteiger partial charge on any atom is -0.352 e. The van der Waals surface area contributed by atoms with Gasteiger partial charge in [-0.3, -0.25) is 14.5 Å². The Bertz CT molecular complexity index is 973. The van der Waals surface area contributed by atoms with Crippen LogP contribution in [0.1, 0.15) is 62.4 Å². The molecule has 1 aromatic carbocycles. The van der Waals surface area contributed by atoms with Gasteiger partial charge < -0.3 is 15.2 Å². The number of nitrogens with zero attached hydrogens (tertiary/aromatic N) is 2. The van der Waals surface area contributed by atoms with Gasteiger partial charge in [-0.25, -0.2) is 0 Å². The monoisotopic (exact) mass is 424 g/mol. The van der Waals surface area contributed by atoms with E-state index in [2.05, 4.69) is 40.7 Å². The molecule has 2 saturated heterocycles. The predicted octanol–water partition coefficient (Wildman–Crippen LogP) is 3.37. The first-order valence-electron chi connectivity index (χ1n) is 11.5. The molecule has 2 fully saturated rings. The number of piperidine rings is 1. The largest absolute Gasteiger partial charge is 0.352 e. The summed E-state index contributed by atoms with van der Waals surface area (Å²) in [7, 11) is 1.98. The number of carbonyl (C=O) groups is 2. The third kappa shape index (κ3) is 4.79. The van der Waals surface area contributed by atoms with Gasteiger partial charge in [-0.05, 0) is 71.4 Å². The second-order valence-corrected chi connectivity index (χ2v) is 10.6. The highest BCUT2D eigenvalue weighted by Crippen LogP contribution is 2.38. The highest BCUT2D eigenvalue weighted by Gasteiger charge is 2.41. The summed E-state index contributed by atoms with van der Waals surface area (Å²) in [6.07, 6.45) is 6.34. The van der Waals surface area contributed by atoms with E-state index in [0.29, 0.717) is 31.1 Å². The standard InChI is InChI=1S/C25H36N4O2/c1-16-6-9-22-20(10-16)21(14-28(22)5)24(31)26-13-17-11-18-7-8-19(12-17)29(18)15-23(30)27-25(2,3)4/h6,9-10,14,17-19H,7-8,11-13,15H2,1-5H3,(H,26,31)(H,27,30)/t17?,18-,19+. The van der Waals surface area contributed by atoms with Crippen LogP contribution >= 0.6 is 0 Å². The van der Waals surface area contributed by atoms with Crippen molar-refractivity contribution < 1.29 is 9.59 Å². The molecule has 2 amide bonds. The average Bonchev–Trinajstić information content (AvgIpc) is 3.10. The fraction of sp³-hybridized carbons (Fsp3) is 0.600. The van der Waals surface area contributed by atoms with Crippen molar-refractivity contribution in [3.05, 3.63) is 35.5 Å². The van der Waals surface area contributed by atoms with Crippen molar-refractivity contribution in [3.8, 4) is 0 Å². The van der Waals surface area contributed by atoms with E-state index < -0.39 is 0 Å². The lowest BCUT2D eigenvalue weighted by Crippen LogP contribution is -2.52. The van der Waals surface area contributed by atoms with Crippen LogP contribution in [0.25, 0.3) is 10.9 Å².